The van der Waals surface area contributed by atoms with Gasteiger partial charge in [-0.3, -0.25) is 4.79 Å². The smallest absolute Gasteiger partial charge is 0.218 e. The molecule has 1 rings (SSSR count). The fourth-order valence-corrected chi connectivity index (χ4v) is 3.14. The lowest BCUT2D eigenvalue weighted by Crippen LogP contribution is -2.52. The molecule has 1 aromatic rings. The van der Waals surface area contributed by atoms with Crippen LogP contribution in [0, 0.1) is 11.8 Å². The van der Waals surface area contributed by atoms with E-state index >= 15 is 0 Å². The monoisotopic (exact) mass is 407 g/mol. The zero-order valence-electron chi connectivity index (χ0n) is 18.4. The van der Waals surface area contributed by atoms with Crippen LogP contribution in [0.3, 0.4) is 0 Å². The summed E-state index contributed by atoms with van der Waals surface area (Å²) in [6.07, 6.45) is 1.13. The van der Waals surface area contributed by atoms with Crippen molar-refractivity contribution in [1.82, 2.24) is 16.0 Å². The highest BCUT2D eigenvalue weighted by molar-refractivity contribution is 5.73. The van der Waals surface area contributed by atoms with Gasteiger partial charge >= 0.3 is 0 Å². The number of rotatable bonds is 15. The van der Waals surface area contributed by atoms with Crippen LogP contribution in [0.2, 0.25) is 0 Å². The molecule has 0 radical (unpaired) electrons. The molecule has 0 spiro atoms. The lowest BCUT2D eigenvalue weighted by molar-refractivity contribution is -0.117. The van der Waals surface area contributed by atoms with Crippen LogP contribution < -0.4 is 27.4 Å². The third-order valence-corrected chi connectivity index (χ3v) is 5.20. The summed E-state index contributed by atoms with van der Waals surface area (Å²) in [4.78, 5) is 10.9. The Bertz CT molecular complexity index is 577. The van der Waals surface area contributed by atoms with Gasteiger partial charge in [0.1, 0.15) is 5.75 Å². The molecule has 0 fully saturated rings. The Morgan fingerprint density at radius 2 is 1.52 bits per heavy atom. The molecule has 0 aliphatic heterocycles. The van der Waals surface area contributed by atoms with Gasteiger partial charge in [-0.05, 0) is 36.0 Å². The second kappa shape index (κ2) is 13.5. The number of carbonyl (C=O) groups is 1. The molecule has 7 heteroatoms. The van der Waals surface area contributed by atoms with Gasteiger partial charge in [0.15, 0.2) is 0 Å². The second-order valence-electron chi connectivity index (χ2n) is 8.57. The van der Waals surface area contributed by atoms with Crippen molar-refractivity contribution in [3.63, 3.8) is 0 Å². The molecule has 29 heavy (non-hydrogen) atoms. The van der Waals surface area contributed by atoms with Crippen molar-refractivity contribution in [2.45, 2.75) is 58.7 Å². The first-order valence-electron chi connectivity index (χ1n) is 10.7. The van der Waals surface area contributed by atoms with Crippen LogP contribution >= 0.6 is 0 Å². The number of hydrogen-bond acceptors (Lipinski definition) is 6. The average molecular weight is 408 g/mol. The minimum absolute atomic E-state index is 0.0113. The summed E-state index contributed by atoms with van der Waals surface area (Å²) in [7, 11) is 0. The van der Waals surface area contributed by atoms with E-state index in [1.807, 2.05) is 12.1 Å². The highest BCUT2D eigenvalue weighted by Gasteiger charge is 2.18. The van der Waals surface area contributed by atoms with Crippen molar-refractivity contribution in [2.75, 3.05) is 26.2 Å². The number of hydrogen-bond donors (Lipinski definition) is 6. The van der Waals surface area contributed by atoms with E-state index in [0.717, 1.165) is 31.6 Å². The molecule has 0 heterocycles. The van der Waals surface area contributed by atoms with Crippen LogP contribution in [0.25, 0.3) is 0 Å². The minimum atomic E-state index is -0.278. The molecule has 3 atom stereocenters. The third-order valence-electron chi connectivity index (χ3n) is 5.20. The number of nitrogens with one attached hydrogen (secondary N) is 3. The summed E-state index contributed by atoms with van der Waals surface area (Å²) in [5.74, 6) is 0.939. The Kier molecular flexibility index (Phi) is 11.8. The van der Waals surface area contributed by atoms with Crippen molar-refractivity contribution < 1.29 is 9.90 Å². The van der Waals surface area contributed by atoms with Crippen LogP contribution in [-0.2, 0) is 11.2 Å². The molecule has 1 amide bonds. The topological polar surface area (TPSA) is 125 Å². The highest BCUT2D eigenvalue weighted by atomic mass is 16.3. The Morgan fingerprint density at radius 3 is 2.07 bits per heavy atom. The molecule has 166 valence electrons. The van der Waals surface area contributed by atoms with E-state index in [9.17, 15) is 9.90 Å². The van der Waals surface area contributed by atoms with Gasteiger partial charge in [0.2, 0.25) is 5.91 Å². The number of benzene rings is 1. The molecule has 0 aliphatic rings. The third kappa shape index (κ3) is 11.2. The van der Waals surface area contributed by atoms with Gasteiger partial charge in [-0.25, -0.2) is 0 Å². The van der Waals surface area contributed by atoms with E-state index in [4.69, 9.17) is 11.5 Å². The predicted octanol–water partition coefficient (Wildman–Crippen LogP) is 0.955. The van der Waals surface area contributed by atoms with Crippen LogP contribution in [0.5, 0.6) is 5.75 Å². The molecule has 1 aromatic carbocycles. The van der Waals surface area contributed by atoms with Gasteiger partial charge in [-0.1, -0.05) is 39.8 Å². The van der Waals surface area contributed by atoms with Crippen molar-refractivity contribution in [3.05, 3.63) is 29.8 Å². The summed E-state index contributed by atoms with van der Waals surface area (Å²) in [5, 5.41) is 20.0. The fourth-order valence-electron chi connectivity index (χ4n) is 3.14. The fraction of sp³-hybridized carbons (Fsp3) is 0.682. The molecule has 8 N–H and O–H groups in total. The number of nitrogens with two attached hydrogens (primary N) is 2. The van der Waals surface area contributed by atoms with Gasteiger partial charge < -0.3 is 32.5 Å². The lowest BCUT2D eigenvalue weighted by Gasteiger charge is -2.29. The molecular weight excluding hydrogens is 366 g/mol. The van der Waals surface area contributed by atoms with Gasteiger partial charge in [0.25, 0.3) is 0 Å². The number of phenols is 1. The zero-order chi connectivity index (χ0) is 21.8. The van der Waals surface area contributed by atoms with Crippen molar-refractivity contribution in [1.29, 1.82) is 0 Å². The van der Waals surface area contributed by atoms with Crippen molar-refractivity contribution >= 4 is 5.91 Å². The number of aromatic hydroxyl groups is 1. The van der Waals surface area contributed by atoms with Crippen molar-refractivity contribution in [3.8, 4) is 5.75 Å². The lowest BCUT2D eigenvalue weighted by atomic mass is 10.00. The van der Waals surface area contributed by atoms with E-state index < -0.39 is 0 Å². The Hall–Kier alpha value is -1.67. The molecule has 0 aliphatic carbocycles. The molecular formula is C22H41N5O2. The molecule has 0 unspecified atom stereocenters. The molecule has 0 saturated heterocycles. The van der Waals surface area contributed by atoms with E-state index in [2.05, 4.69) is 43.6 Å². The summed E-state index contributed by atoms with van der Waals surface area (Å²) in [6, 6.07) is 7.85. The molecule has 7 nitrogen and oxygen atoms in total. The highest BCUT2D eigenvalue weighted by Crippen LogP contribution is 2.11. The van der Waals surface area contributed by atoms with E-state index in [1.165, 1.54) is 0 Å². The van der Waals surface area contributed by atoms with E-state index in [0.29, 0.717) is 36.9 Å². The first-order valence-corrected chi connectivity index (χ1v) is 10.7. The number of phenolic OH excluding ortho intramolecular Hbond substituents is 1. The van der Waals surface area contributed by atoms with Crippen molar-refractivity contribution in [2.24, 2.45) is 23.3 Å². The predicted molar refractivity (Wildman–Crippen MR) is 120 cm³/mol. The zero-order valence-corrected chi connectivity index (χ0v) is 18.4. The maximum Gasteiger partial charge on any atom is 0.218 e. The summed E-state index contributed by atoms with van der Waals surface area (Å²) in [6.45, 7) is 11.8. The SMILES string of the molecule is CC(C)[C@@H](CNCCC(N)=O)NC[C@@H](NC[C@@H](N)Cc1ccc(O)cc1)C(C)C. The largest absolute Gasteiger partial charge is 0.508 e. The molecule has 0 saturated carbocycles. The van der Waals surface area contributed by atoms with Gasteiger partial charge in [-0.2, -0.15) is 0 Å². The first kappa shape index (κ1) is 25.4. The number of amides is 1. The summed E-state index contributed by atoms with van der Waals surface area (Å²) < 4.78 is 0. The van der Waals surface area contributed by atoms with E-state index in [-0.39, 0.29) is 17.7 Å². The molecule has 0 aromatic heterocycles. The normalized spacial score (nSPS) is 14.9. The number of primary amides is 1. The van der Waals surface area contributed by atoms with Crippen LogP contribution in [-0.4, -0.2) is 55.3 Å². The minimum Gasteiger partial charge on any atom is -0.508 e. The Balaban J connectivity index is 2.43. The van der Waals surface area contributed by atoms with Crippen LogP contribution in [0.1, 0.15) is 39.7 Å². The van der Waals surface area contributed by atoms with Gasteiger partial charge in [-0.15, -0.1) is 0 Å². The molecule has 0 bridgehead atoms. The number of carbonyl (C=O) groups excluding carboxylic acids is 1. The second-order valence-corrected chi connectivity index (χ2v) is 8.57. The average Bonchev–Trinajstić information content (AvgIpc) is 2.64. The Labute approximate surface area is 176 Å². The first-order chi connectivity index (χ1) is 13.7. The van der Waals surface area contributed by atoms with Crippen LogP contribution in [0.15, 0.2) is 24.3 Å². The van der Waals surface area contributed by atoms with E-state index in [1.54, 1.807) is 12.1 Å². The van der Waals surface area contributed by atoms with Gasteiger partial charge in [0.05, 0.1) is 0 Å². The maximum atomic E-state index is 10.9. The van der Waals surface area contributed by atoms with Crippen LogP contribution in [0.4, 0.5) is 0 Å². The summed E-state index contributed by atoms with van der Waals surface area (Å²) in [5.41, 5.74) is 12.6. The van der Waals surface area contributed by atoms with Gasteiger partial charge in [0, 0.05) is 50.7 Å². The maximum absolute atomic E-state index is 10.9. The summed E-state index contributed by atoms with van der Waals surface area (Å²) >= 11 is 0. The standard InChI is InChI=1S/C22H41N5O2/c1-15(2)20(13-25-10-9-22(24)29)27-14-21(16(3)4)26-12-18(23)11-17-5-7-19(28)8-6-17/h5-8,15-16,18,20-21,25-28H,9-14,23H2,1-4H3,(H2,24,29)/t18-,20+,21+/m0/s1. The quantitative estimate of drug-likeness (QED) is 0.241. The Morgan fingerprint density at radius 1 is 0.966 bits per heavy atom.